The Balaban J connectivity index is 1.88. The molecule has 2 heterocycles. The molecular weight excluding hydrogens is 1290 g/mol. The van der Waals surface area contributed by atoms with Gasteiger partial charge in [0.05, 0.1) is 31.6 Å². The van der Waals surface area contributed by atoms with Gasteiger partial charge in [-0.25, -0.2) is 4.39 Å². The van der Waals surface area contributed by atoms with Crippen molar-refractivity contribution in [3.8, 4) is 0 Å². The normalized spacial score (nSPS) is 23.6. The van der Waals surface area contributed by atoms with Gasteiger partial charge in [0, 0.05) is 66.8 Å². The summed E-state index contributed by atoms with van der Waals surface area (Å²) in [5.41, 5.74) is -2.84. The number of alkyl halides is 3. The van der Waals surface area contributed by atoms with Crippen molar-refractivity contribution in [3.63, 3.8) is 0 Å². The van der Waals surface area contributed by atoms with Gasteiger partial charge in [0.1, 0.15) is 53.6 Å². The standard InChI is InChI=1S/C68H101ClF4N12O12/c1-17-42(8)58-65(96)81(13)37-56(88)79(11)38-57(89)83(15)53(34-44-20-24-45(69)25-21-44)64(95)80(12)36-54(86)74-48(27-23-43-22-26-46(47(70)33-43)68(71,72)73)59(90)75-50(31-40(4)5)62(93)84(16)67(9,10)66(97)77-49(30-39(2)3)60(91)76-51(63(94)85-28-18-19-29-85)35-55(87)82(14)52(32-41(6)7)61(92)78-58/h20-22,24-26,33,39-42,48-53,58H,17-19,23,27-32,34-38H2,1-16H3,(H,74,86)(H,75,90)(H,76,91)(H,77,97)(H,78,92)/t42-,48-,49-,50+,51-,52-,53-,58-/m0/s1. The van der Waals surface area contributed by atoms with Gasteiger partial charge in [-0.2, -0.15) is 13.2 Å². The lowest BCUT2D eigenvalue weighted by Crippen LogP contribution is -2.63. The number of nitrogens with zero attached hydrogens (tertiary/aromatic N) is 7. The molecule has 0 aromatic heterocycles. The number of aryl methyl sites for hydroxylation is 1. The Morgan fingerprint density at radius 1 is 0.598 bits per heavy atom. The van der Waals surface area contributed by atoms with E-state index in [1.807, 2.05) is 13.8 Å². The first kappa shape index (κ1) is 81.5. The number of hydrogen-bond acceptors (Lipinski definition) is 12. The Morgan fingerprint density at radius 2 is 1.13 bits per heavy atom. The highest BCUT2D eigenvalue weighted by Gasteiger charge is 2.44. The lowest BCUT2D eigenvalue weighted by molar-refractivity contribution is -0.148. The van der Waals surface area contributed by atoms with E-state index in [4.69, 9.17) is 11.6 Å². The van der Waals surface area contributed by atoms with E-state index >= 15 is 0 Å². The molecule has 0 unspecified atom stereocenters. The molecule has 2 fully saturated rings. The molecule has 29 heteroatoms. The van der Waals surface area contributed by atoms with Crippen molar-refractivity contribution >= 4 is 82.5 Å². The van der Waals surface area contributed by atoms with E-state index in [9.17, 15) is 75.1 Å². The fourth-order valence-corrected chi connectivity index (χ4v) is 11.5. The van der Waals surface area contributed by atoms with Crippen molar-refractivity contribution in [2.24, 2.45) is 23.7 Å². The van der Waals surface area contributed by atoms with Crippen LogP contribution >= 0.6 is 11.6 Å². The fraction of sp³-hybridized carbons (Fsp3) is 0.647. The first-order valence-corrected chi connectivity index (χ1v) is 33.4. The van der Waals surface area contributed by atoms with Crippen LogP contribution in [0.3, 0.4) is 0 Å². The van der Waals surface area contributed by atoms with Crippen LogP contribution in [0, 0.1) is 29.5 Å². The number of likely N-dealkylation sites (tertiary alicyclic amines) is 1. The van der Waals surface area contributed by atoms with Gasteiger partial charge in [-0.3, -0.25) is 57.5 Å². The third-order valence-electron chi connectivity index (χ3n) is 17.9. The molecule has 2 saturated heterocycles. The number of benzene rings is 2. The maximum absolute atomic E-state index is 15.0. The van der Waals surface area contributed by atoms with Crippen LogP contribution in [-0.4, -0.2) is 228 Å². The van der Waals surface area contributed by atoms with E-state index in [2.05, 4.69) is 26.6 Å². The molecule has 0 aliphatic carbocycles. The average molecular weight is 1390 g/mol. The molecule has 2 aliphatic heterocycles. The molecule has 2 aromatic rings. The van der Waals surface area contributed by atoms with Crippen LogP contribution in [0.4, 0.5) is 17.6 Å². The maximum Gasteiger partial charge on any atom is 0.419 e. The van der Waals surface area contributed by atoms with Crippen molar-refractivity contribution in [1.29, 1.82) is 0 Å². The Morgan fingerprint density at radius 3 is 1.69 bits per heavy atom. The highest BCUT2D eigenvalue weighted by molar-refractivity contribution is 6.30. The van der Waals surface area contributed by atoms with Crippen LogP contribution in [0.25, 0.3) is 0 Å². The average Bonchev–Trinajstić information content (AvgIpc) is 0.965. The largest absolute Gasteiger partial charge is 0.419 e. The van der Waals surface area contributed by atoms with Gasteiger partial charge in [-0.15, -0.1) is 0 Å². The van der Waals surface area contributed by atoms with Crippen molar-refractivity contribution < 1.29 is 75.1 Å². The molecule has 2 aromatic carbocycles. The number of likely N-dealkylation sites (N-methyl/N-ethyl adjacent to an activating group) is 6. The lowest BCUT2D eigenvalue weighted by atomic mass is 9.95. The van der Waals surface area contributed by atoms with Crippen LogP contribution in [-0.2, 0) is 76.6 Å². The molecule has 24 nitrogen and oxygen atoms in total. The van der Waals surface area contributed by atoms with Gasteiger partial charge in [-0.1, -0.05) is 91.6 Å². The molecule has 0 radical (unpaired) electrons. The molecule has 0 saturated carbocycles. The molecule has 12 amide bonds. The predicted molar refractivity (Wildman–Crippen MR) is 356 cm³/mol. The fourth-order valence-electron chi connectivity index (χ4n) is 11.4. The van der Waals surface area contributed by atoms with E-state index < -0.39 is 175 Å². The van der Waals surface area contributed by atoms with Gasteiger partial charge >= 0.3 is 6.18 Å². The highest BCUT2D eigenvalue weighted by Crippen LogP contribution is 2.32. The zero-order chi connectivity index (χ0) is 73.3. The van der Waals surface area contributed by atoms with Crippen LogP contribution in [0.1, 0.15) is 137 Å². The number of rotatable bonds is 14. The van der Waals surface area contributed by atoms with Gasteiger partial charge in [0.15, 0.2) is 0 Å². The number of hydrogen-bond donors (Lipinski definition) is 5. The van der Waals surface area contributed by atoms with Crippen LogP contribution in [0.15, 0.2) is 42.5 Å². The van der Waals surface area contributed by atoms with Crippen molar-refractivity contribution in [2.75, 3.05) is 75.0 Å². The minimum Gasteiger partial charge on any atom is -0.343 e. The SMILES string of the molecule is CC[C@H](C)[C@@H]1NC(=O)[C@H](CC(C)C)N(C)C(=O)C[C@@H](C(=O)N2CCCC2)NC(=O)[C@H](CC(C)C)NC(=O)C(C)(C)N(C)C(=O)[C@@H](CC(C)C)NC(=O)[C@H](CCc2ccc(C(F)(F)F)c(F)c2)NC(=O)CN(C)C(=O)[C@H](Cc2ccc(Cl)cc2)N(C)C(=O)CN(C)C(=O)CN(C)C1=O. The summed E-state index contributed by atoms with van der Waals surface area (Å²) in [5, 5.41) is 13.9. The third-order valence-corrected chi connectivity index (χ3v) is 18.2. The first-order chi connectivity index (χ1) is 45.1. The maximum atomic E-state index is 15.0. The Hall–Kier alpha value is -7.91. The second kappa shape index (κ2) is 36.1. The molecule has 97 heavy (non-hydrogen) atoms. The van der Waals surface area contributed by atoms with E-state index in [1.54, 1.807) is 65.8 Å². The molecular formula is C68H101ClF4N12O12. The quantitative estimate of drug-likeness (QED) is 0.163. The number of nitrogens with one attached hydrogen (secondary N) is 5. The molecule has 8 atom stereocenters. The van der Waals surface area contributed by atoms with E-state index in [0.717, 1.165) is 35.5 Å². The smallest absolute Gasteiger partial charge is 0.343 e. The summed E-state index contributed by atoms with van der Waals surface area (Å²) >= 11 is 6.20. The summed E-state index contributed by atoms with van der Waals surface area (Å²) in [5.74, 6) is -12.4. The lowest BCUT2D eigenvalue weighted by Gasteiger charge is -2.38. The van der Waals surface area contributed by atoms with Crippen LogP contribution < -0.4 is 26.6 Å². The second-order valence-corrected chi connectivity index (χ2v) is 28.0. The van der Waals surface area contributed by atoms with Crippen molar-refractivity contribution in [3.05, 3.63) is 70.0 Å². The zero-order valence-corrected chi connectivity index (χ0v) is 59.7. The molecule has 0 spiro atoms. The summed E-state index contributed by atoms with van der Waals surface area (Å²) in [6.07, 6.45) is -4.82. The minimum atomic E-state index is -5.03. The van der Waals surface area contributed by atoms with Crippen molar-refractivity contribution in [2.45, 2.75) is 187 Å². The Labute approximate surface area is 572 Å². The summed E-state index contributed by atoms with van der Waals surface area (Å²) < 4.78 is 55.9. The van der Waals surface area contributed by atoms with E-state index in [-0.39, 0.29) is 55.4 Å². The van der Waals surface area contributed by atoms with Gasteiger partial charge in [-0.05, 0) is 118 Å². The van der Waals surface area contributed by atoms with Crippen molar-refractivity contribution in [1.82, 2.24) is 60.9 Å². The topological polar surface area (TPSA) is 288 Å². The number of amides is 12. The Bertz CT molecular complexity index is 3150. The molecule has 4 rings (SSSR count). The van der Waals surface area contributed by atoms with Crippen LogP contribution in [0.5, 0.6) is 0 Å². The van der Waals surface area contributed by atoms with E-state index in [1.165, 1.54) is 61.0 Å². The number of carbonyl (C=O) groups excluding carboxylic acids is 12. The summed E-state index contributed by atoms with van der Waals surface area (Å²) in [7, 11) is 7.88. The summed E-state index contributed by atoms with van der Waals surface area (Å²) in [6, 6.07) is -1.25. The zero-order valence-electron chi connectivity index (χ0n) is 58.9. The first-order valence-electron chi connectivity index (χ1n) is 33.0. The molecule has 540 valence electrons. The summed E-state index contributed by atoms with van der Waals surface area (Å²) in [6.45, 7) is 15.7. The summed E-state index contributed by atoms with van der Waals surface area (Å²) in [4.78, 5) is 182. The number of carbonyl (C=O) groups is 12. The van der Waals surface area contributed by atoms with Gasteiger partial charge in [0.25, 0.3) is 0 Å². The van der Waals surface area contributed by atoms with Crippen LogP contribution in [0.2, 0.25) is 5.02 Å². The van der Waals surface area contributed by atoms with Gasteiger partial charge < -0.3 is 60.9 Å². The Kier molecular flexibility index (Phi) is 30.3. The van der Waals surface area contributed by atoms with Gasteiger partial charge in [0.2, 0.25) is 70.9 Å². The molecule has 0 bridgehead atoms. The third kappa shape index (κ3) is 23.4. The number of halogens is 5. The predicted octanol–water partition coefficient (Wildman–Crippen LogP) is 4.57. The second-order valence-electron chi connectivity index (χ2n) is 27.6. The molecule has 2 aliphatic rings. The van der Waals surface area contributed by atoms with E-state index in [0.29, 0.717) is 55.1 Å². The molecule has 5 N–H and O–H groups in total. The highest BCUT2D eigenvalue weighted by atomic mass is 35.5. The minimum absolute atomic E-state index is 0.000538. The monoisotopic (exact) mass is 1390 g/mol.